The van der Waals surface area contributed by atoms with E-state index in [0.29, 0.717) is 39.5 Å². The van der Waals surface area contributed by atoms with Crippen LogP contribution in [-0.2, 0) is 28.5 Å². The zero-order chi connectivity index (χ0) is 32.5. The molecule has 238 valence electrons. The molecule has 0 aliphatic heterocycles. The molecule has 40 heavy (non-hydrogen) atoms. The monoisotopic (exact) mass is 572 g/mol. The summed E-state index contributed by atoms with van der Waals surface area (Å²) in [6.07, 6.45) is 10.2. The van der Waals surface area contributed by atoms with Crippen LogP contribution in [0.1, 0.15) is 54.4 Å². The number of carbonyl (C=O) groups excluding carboxylic acids is 1. The Kier molecular flexibility index (Phi) is 66.5. The molecule has 0 aliphatic rings. The van der Waals surface area contributed by atoms with Gasteiger partial charge in [-0.2, -0.15) is 0 Å². The molecule has 8 nitrogen and oxygen atoms in total. The summed E-state index contributed by atoms with van der Waals surface area (Å²) < 4.78 is 24.2. The van der Waals surface area contributed by atoms with Crippen molar-refractivity contribution in [2.24, 2.45) is 4.99 Å². The number of carbonyl (C=O) groups is 1. The maximum absolute atomic E-state index is 8.95. The highest BCUT2D eigenvalue weighted by molar-refractivity contribution is 5.36. The lowest BCUT2D eigenvalue weighted by atomic mass is 10.2. The summed E-state index contributed by atoms with van der Waals surface area (Å²) in [7, 11) is 7.88. The lowest BCUT2D eigenvalue weighted by molar-refractivity contribution is -0.126. The average molecular weight is 573 g/mol. The van der Waals surface area contributed by atoms with Gasteiger partial charge in [-0.25, -0.2) is 0 Å². The van der Waals surface area contributed by atoms with Crippen LogP contribution in [0.15, 0.2) is 65.9 Å². The standard InChI is InChI=1S/C20H37NO3.2C3H6.C2H5N.C2H4O2.C2H6O/c1-7-8-9-21(20(16-18(2)3)17-19(4)5)10-11-23-14-15-24-13-12-22-6;3*1-3-2;1-4-2-3;1-3-2/h16-17H,2,7-15H2,1,3-6H3;2*3H,1H2,2H3;1H2,2H3;2H,1H3;1-2H3/b20-16+;;;;;. The second kappa shape index (κ2) is 52.8. The number of aliphatic imine (C=N–C) groups is 1. The largest absolute Gasteiger partial charge is 0.471 e. The molecule has 0 atom stereocenters. The minimum atomic E-state index is 0.375. The summed E-state index contributed by atoms with van der Waals surface area (Å²) in [5, 5.41) is 0. The molecule has 0 saturated carbocycles. The van der Waals surface area contributed by atoms with Crippen molar-refractivity contribution in [3.63, 3.8) is 0 Å². The van der Waals surface area contributed by atoms with Gasteiger partial charge in [0.15, 0.2) is 0 Å². The second-order valence-electron chi connectivity index (χ2n) is 8.07. The Labute approximate surface area is 248 Å². The van der Waals surface area contributed by atoms with Crippen LogP contribution < -0.4 is 0 Å². The van der Waals surface area contributed by atoms with Gasteiger partial charge in [-0.3, -0.25) is 4.79 Å². The summed E-state index contributed by atoms with van der Waals surface area (Å²) in [4.78, 5) is 14.6. The molecular weight excluding hydrogens is 508 g/mol. The maximum atomic E-state index is 8.95. The number of hydrogen-bond acceptors (Lipinski definition) is 8. The molecule has 0 aromatic carbocycles. The Balaban J connectivity index is -0.000000148. The fourth-order valence-corrected chi connectivity index (χ4v) is 2.13. The van der Waals surface area contributed by atoms with Crippen LogP contribution in [0, 0.1) is 0 Å². The normalized spacial score (nSPS) is 8.82. The van der Waals surface area contributed by atoms with E-state index in [1.807, 2.05) is 20.8 Å². The molecule has 0 fully saturated rings. The molecule has 0 rings (SSSR count). The van der Waals surface area contributed by atoms with E-state index in [1.165, 1.54) is 31.2 Å². The van der Waals surface area contributed by atoms with Crippen LogP contribution in [0.25, 0.3) is 0 Å². The van der Waals surface area contributed by atoms with Gasteiger partial charge in [0.2, 0.25) is 0 Å². The van der Waals surface area contributed by atoms with Crippen molar-refractivity contribution < 1.29 is 28.5 Å². The van der Waals surface area contributed by atoms with Crippen molar-refractivity contribution in [3.05, 3.63) is 60.9 Å². The van der Waals surface area contributed by atoms with E-state index in [-0.39, 0.29) is 0 Å². The number of rotatable bonds is 16. The molecular formula is C32H64N2O6. The number of nitrogens with zero attached hydrogens (tertiary/aromatic N) is 2. The first-order valence-electron chi connectivity index (χ1n) is 13.4. The Morgan fingerprint density at radius 3 is 1.57 bits per heavy atom. The highest BCUT2D eigenvalue weighted by Crippen LogP contribution is 2.13. The van der Waals surface area contributed by atoms with Gasteiger partial charge in [-0.15, -0.1) is 13.2 Å². The van der Waals surface area contributed by atoms with Gasteiger partial charge in [0.25, 0.3) is 6.47 Å². The third-order valence-electron chi connectivity index (χ3n) is 3.38. The third kappa shape index (κ3) is 70.4. The Hall–Kier alpha value is -2.52. The predicted molar refractivity (Wildman–Crippen MR) is 176 cm³/mol. The van der Waals surface area contributed by atoms with E-state index in [0.717, 1.165) is 18.7 Å². The molecule has 0 saturated heterocycles. The highest BCUT2D eigenvalue weighted by atomic mass is 16.5. The lowest BCUT2D eigenvalue weighted by Gasteiger charge is -2.26. The smallest absolute Gasteiger partial charge is 0.292 e. The molecule has 0 heterocycles. The van der Waals surface area contributed by atoms with Crippen molar-refractivity contribution in [1.29, 1.82) is 0 Å². The second-order valence-corrected chi connectivity index (χ2v) is 8.07. The minimum Gasteiger partial charge on any atom is -0.471 e. The number of unbranched alkanes of at least 4 members (excludes halogenated alkanes) is 1. The molecule has 0 aromatic heterocycles. The van der Waals surface area contributed by atoms with Crippen LogP contribution in [0.2, 0.25) is 0 Å². The molecule has 0 bridgehead atoms. The maximum Gasteiger partial charge on any atom is 0.292 e. The number of allylic oxidation sites excluding steroid dienone is 6. The number of methoxy groups -OCH3 is 3. The molecule has 0 unspecified atom stereocenters. The van der Waals surface area contributed by atoms with Crippen LogP contribution >= 0.6 is 0 Å². The van der Waals surface area contributed by atoms with Gasteiger partial charge in [0.05, 0.1) is 40.1 Å². The fraction of sp³-hybridized carbons (Fsp3) is 0.625. The number of ether oxygens (including phenoxy) is 5. The van der Waals surface area contributed by atoms with Crippen molar-refractivity contribution in [2.45, 2.75) is 54.4 Å². The summed E-state index contributed by atoms with van der Waals surface area (Å²) in [6, 6.07) is 0. The minimum absolute atomic E-state index is 0.375. The SMILES string of the molecule is C=C(C)/C=C(\C=C(C)C)N(CCCC)CCOCCOCCOC.C=CC.C=CC.C=NC.COC.COC=O. The van der Waals surface area contributed by atoms with E-state index in [4.69, 9.17) is 19.0 Å². The van der Waals surface area contributed by atoms with E-state index in [2.05, 4.69) is 78.7 Å². The first-order valence-corrected chi connectivity index (χ1v) is 13.4. The van der Waals surface area contributed by atoms with E-state index < -0.39 is 0 Å². The fourth-order valence-electron chi connectivity index (χ4n) is 2.13. The Morgan fingerprint density at radius 1 is 0.850 bits per heavy atom. The average Bonchev–Trinajstić information content (AvgIpc) is 2.88. The van der Waals surface area contributed by atoms with Crippen molar-refractivity contribution in [1.82, 2.24) is 4.90 Å². The van der Waals surface area contributed by atoms with Crippen molar-refractivity contribution >= 4 is 13.2 Å². The van der Waals surface area contributed by atoms with E-state index >= 15 is 0 Å². The quantitative estimate of drug-likeness (QED) is 0.0651. The van der Waals surface area contributed by atoms with E-state index in [1.54, 1.807) is 40.5 Å². The molecule has 0 aromatic rings. The first kappa shape index (κ1) is 50.3. The zero-order valence-corrected chi connectivity index (χ0v) is 27.9. The van der Waals surface area contributed by atoms with Gasteiger partial charge in [-0.05, 0) is 59.9 Å². The predicted octanol–water partition coefficient (Wildman–Crippen LogP) is 6.95. The van der Waals surface area contributed by atoms with Gasteiger partial charge in [0.1, 0.15) is 0 Å². The van der Waals surface area contributed by atoms with Crippen LogP contribution in [-0.4, -0.2) is 99.7 Å². The van der Waals surface area contributed by atoms with Gasteiger partial charge in [-0.1, -0.05) is 43.2 Å². The number of hydrogen-bond donors (Lipinski definition) is 0. The Bertz CT molecular complexity index is 572. The molecule has 0 N–H and O–H groups in total. The molecule has 0 spiro atoms. The summed E-state index contributed by atoms with van der Waals surface area (Å²) in [6.45, 7) is 31.6. The van der Waals surface area contributed by atoms with Crippen molar-refractivity contribution in [3.8, 4) is 0 Å². The van der Waals surface area contributed by atoms with Gasteiger partial charge >= 0.3 is 0 Å². The summed E-state index contributed by atoms with van der Waals surface area (Å²) in [5.41, 5.74) is 3.57. The van der Waals surface area contributed by atoms with Crippen LogP contribution in [0.3, 0.4) is 0 Å². The van der Waals surface area contributed by atoms with E-state index in [9.17, 15) is 0 Å². The first-order chi connectivity index (χ1) is 19.1. The zero-order valence-electron chi connectivity index (χ0n) is 27.9. The topological polar surface area (TPSA) is 78.8 Å². The van der Waals surface area contributed by atoms with Crippen molar-refractivity contribution in [2.75, 3.05) is 81.6 Å². The summed E-state index contributed by atoms with van der Waals surface area (Å²) >= 11 is 0. The molecule has 0 aliphatic carbocycles. The lowest BCUT2D eigenvalue weighted by Crippen LogP contribution is -2.28. The van der Waals surface area contributed by atoms with Crippen LogP contribution in [0.4, 0.5) is 0 Å². The molecule has 8 heteroatoms. The van der Waals surface area contributed by atoms with Gasteiger partial charge in [0, 0.05) is 47.2 Å². The molecule has 0 radical (unpaired) electrons. The molecule has 0 amide bonds. The highest BCUT2D eigenvalue weighted by Gasteiger charge is 2.07. The Morgan fingerprint density at radius 2 is 1.25 bits per heavy atom. The van der Waals surface area contributed by atoms with Crippen LogP contribution in [0.5, 0.6) is 0 Å². The summed E-state index contributed by atoms with van der Waals surface area (Å²) in [5.74, 6) is 0. The third-order valence-corrected chi connectivity index (χ3v) is 3.38. The van der Waals surface area contributed by atoms with Gasteiger partial charge < -0.3 is 33.6 Å².